The fraction of sp³-hybridized carbons (Fsp3) is 0.333. The normalized spacial score (nSPS) is 24.4. The minimum Gasteiger partial charge on any atom is -0.496 e. The molecule has 2 aromatic rings. The van der Waals surface area contributed by atoms with Gasteiger partial charge in [0.25, 0.3) is 0 Å². The van der Waals surface area contributed by atoms with Gasteiger partial charge in [0.2, 0.25) is 0 Å². The highest BCUT2D eigenvalue weighted by molar-refractivity contribution is 5.51. The Balaban J connectivity index is 2.16. The van der Waals surface area contributed by atoms with Crippen LogP contribution in [0.1, 0.15) is 35.6 Å². The van der Waals surface area contributed by atoms with Crippen molar-refractivity contribution in [2.45, 2.75) is 18.9 Å². The fourth-order valence-electron chi connectivity index (χ4n) is 3.51. The molecule has 0 radical (unpaired) electrons. The van der Waals surface area contributed by atoms with Gasteiger partial charge >= 0.3 is 0 Å². The molecule has 104 valence electrons. The molecule has 0 saturated heterocycles. The Morgan fingerprint density at radius 1 is 0.900 bits per heavy atom. The molecule has 0 saturated carbocycles. The van der Waals surface area contributed by atoms with Crippen LogP contribution >= 0.6 is 0 Å². The summed E-state index contributed by atoms with van der Waals surface area (Å²) in [4.78, 5) is 0. The zero-order chi connectivity index (χ0) is 14.1. The molecule has 0 aliphatic heterocycles. The molecule has 20 heavy (non-hydrogen) atoms. The lowest BCUT2D eigenvalue weighted by Gasteiger charge is -2.21. The van der Waals surface area contributed by atoms with E-state index in [2.05, 4.69) is 49.4 Å². The smallest absolute Gasteiger partial charge is 0.124 e. The number of fused-ring (bicyclic) bond motifs is 1. The summed E-state index contributed by atoms with van der Waals surface area (Å²) in [6, 6.07) is 16.9. The lowest BCUT2D eigenvalue weighted by molar-refractivity contribution is 0.0632. The van der Waals surface area contributed by atoms with Gasteiger partial charge in [-0.1, -0.05) is 49.4 Å². The van der Waals surface area contributed by atoms with Gasteiger partial charge in [0.15, 0.2) is 0 Å². The van der Waals surface area contributed by atoms with Crippen LogP contribution in [0.2, 0.25) is 0 Å². The Bertz CT molecular complexity index is 592. The van der Waals surface area contributed by atoms with Crippen LogP contribution in [-0.4, -0.2) is 14.2 Å². The number of hydrogen-bond donors (Lipinski definition) is 0. The third-order valence-electron chi connectivity index (χ3n) is 4.36. The maximum atomic E-state index is 5.76. The molecule has 0 spiro atoms. The van der Waals surface area contributed by atoms with Crippen molar-refractivity contribution in [2.24, 2.45) is 5.92 Å². The first-order chi connectivity index (χ1) is 9.77. The van der Waals surface area contributed by atoms with Crippen LogP contribution in [0.15, 0.2) is 48.5 Å². The van der Waals surface area contributed by atoms with Gasteiger partial charge in [0, 0.05) is 18.6 Å². The third kappa shape index (κ3) is 1.92. The minimum absolute atomic E-state index is 0.0892. The summed E-state index contributed by atoms with van der Waals surface area (Å²) in [5, 5.41) is 0. The molecular weight excluding hydrogens is 248 g/mol. The van der Waals surface area contributed by atoms with Crippen LogP contribution in [0.5, 0.6) is 5.75 Å². The fourth-order valence-corrected chi connectivity index (χ4v) is 3.51. The van der Waals surface area contributed by atoms with Gasteiger partial charge in [-0.15, -0.1) is 0 Å². The van der Waals surface area contributed by atoms with Gasteiger partial charge in [-0.05, 0) is 23.1 Å². The van der Waals surface area contributed by atoms with Crippen molar-refractivity contribution in [3.63, 3.8) is 0 Å². The Kier molecular flexibility index (Phi) is 3.49. The number of ether oxygens (including phenoxy) is 2. The van der Waals surface area contributed by atoms with E-state index in [0.29, 0.717) is 11.8 Å². The molecule has 0 aromatic heterocycles. The monoisotopic (exact) mass is 268 g/mol. The molecule has 0 heterocycles. The van der Waals surface area contributed by atoms with Gasteiger partial charge in [-0.25, -0.2) is 0 Å². The first-order valence-corrected chi connectivity index (χ1v) is 7.02. The van der Waals surface area contributed by atoms with Crippen LogP contribution in [0.25, 0.3) is 0 Å². The zero-order valence-electron chi connectivity index (χ0n) is 12.2. The van der Waals surface area contributed by atoms with E-state index < -0.39 is 0 Å². The number of rotatable bonds is 3. The minimum atomic E-state index is 0.0892. The van der Waals surface area contributed by atoms with Crippen LogP contribution < -0.4 is 4.74 Å². The zero-order valence-corrected chi connectivity index (χ0v) is 12.2. The molecule has 1 aliphatic rings. The number of benzene rings is 2. The van der Waals surface area contributed by atoms with E-state index in [0.717, 1.165) is 5.75 Å². The summed E-state index contributed by atoms with van der Waals surface area (Å²) in [5.74, 6) is 1.69. The summed E-state index contributed by atoms with van der Waals surface area (Å²) >= 11 is 0. The summed E-state index contributed by atoms with van der Waals surface area (Å²) in [5.41, 5.74) is 3.88. The van der Waals surface area contributed by atoms with E-state index in [1.165, 1.54) is 16.7 Å². The van der Waals surface area contributed by atoms with Crippen molar-refractivity contribution >= 4 is 0 Å². The molecule has 3 rings (SSSR count). The lowest BCUT2D eigenvalue weighted by atomic mass is 9.86. The number of methoxy groups -OCH3 is 2. The van der Waals surface area contributed by atoms with Crippen molar-refractivity contribution in [1.82, 2.24) is 0 Å². The van der Waals surface area contributed by atoms with Crippen molar-refractivity contribution in [3.05, 3.63) is 65.2 Å². The highest BCUT2D eigenvalue weighted by Crippen LogP contribution is 2.52. The quantitative estimate of drug-likeness (QED) is 0.832. The molecule has 2 aromatic carbocycles. The van der Waals surface area contributed by atoms with E-state index in [-0.39, 0.29) is 6.10 Å². The first-order valence-electron chi connectivity index (χ1n) is 7.02. The predicted molar refractivity (Wildman–Crippen MR) is 80.2 cm³/mol. The molecule has 0 bridgehead atoms. The van der Waals surface area contributed by atoms with Gasteiger partial charge in [0.1, 0.15) is 5.75 Å². The molecule has 2 nitrogen and oxygen atoms in total. The van der Waals surface area contributed by atoms with E-state index in [1.54, 1.807) is 14.2 Å². The van der Waals surface area contributed by atoms with Crippen molar-refractivity contribution in [3.8, 4) is 5.75 Å². The Morgan fingerprint density at radius 2 is 1.65 bits per heavy atom. The van der Waals surface area contributed by atoms with Gasteiger partial charge in [-0.2, -0.15) is 0 Å². The van der Waals surface area contributed by atoms with Gasteiger partial charge in [0.05, 0.1) is 13.2 Å². The van der Waals surface area contributed by atoms with E-state index in [1.807, 2.05) is 6.07 Å². The maximum absolute atomic E-state index is 5.76. The molecule has 0 fully saturated rings. The third-order valence-corrected chi connectivity index (χ3v) is 4.36. The lowest BCUT2D eigenvalue weighted by Crippen LogP contribution is -2.11. The Labute approximate surface area is 120 Å². The summed E-state index contributed by atoms with van der Waals surface area (Å²) in [6.07, 6.45) is 0.0892. The molecule has 3 unspecified atom stereocenters. The van der Waals surface area contributed by atoms with E-state index in [9.17, 15) is 0 Å². The predicted octanol–water partition coefficient (Wildman–Crippen LogP) is 4.16. The highest BCUT2D eigenvalue weighted by atomic mass is 16.5. The maximum Gasteiger partial charge on any atom is 0.124 e. The average molecular weight is 268 g/mol. The number of hydrogen-bond acceptors (Lipinski definition) is 2. The SMILES string of the molecule is COc1cccc2c1C(OC)C(C)C2c1ccccc1. The average Bonchev–Trinajstić information content (AvgIpc) is 2.79. The Hall–Kier alpha value is -1.80. The van der Waals surface area contributed by atoms with Crippen LogP contribution in [0.3, 0.4) is 0 Å². The molecule has 1 aliphatic carbocycles. The van der Waals surface area contributed by atoms with Crippen molar-refractivity contribution < 1.29 is 9.47 Å². The van der Waals surface area contributed by atoms with Crippen LogP contribution in [0, 0.1) is 5.92 Å². The second-order valence-corrected chi connectivity index (χ2v) is 5.37. The highest BCUT2D eigenvalue weighted by Gasteiger charge is 2.40. The summed E-state index contributed by atoms with van der Waals surface area (Å²) in [7, 11) is 3.51. The Morgan fingerprint density at radius 3 is 2.30 bits per heavy atom. The largest absolute Gasteiger partial charge is 0.496 e. The van der Waals surface area contributed by atoms with Crippen LogP contribution in [-0.2, 0) is 4.74 Å². The van der Waals surface area contributed by atoms with Crippen molar-refractivity contribution in [2.75, 3.05) is 14.2 Å². The summed E-state index contributed by atoms with van der Waals surface area (Å²) < 4.78 is 11.3. The summed E-state index contributed by atoms with van der Waals surface area (Å²) in [6.45, 7) is 2.26. The van der Waals surface area contributed by atoms with Gasteiger partial charge < -0.3 is 9.47 Å². The van der Waals surface area contributed by atoms with E-state index >= 15 is 0 Å². The molecule has 2 heteroatoms. The molecule has 0 amide bonds. The second kappa shape index (κ2) is 5.29. The van der Waals surface area contributed by atoms with E-state index in [4.69, 9.17) is 9.47 Å². The first kappa shape index (κ1) is 13.2. The van der Waals surface area contributed by atoms with Gasteiger partial charge in [-0.3, -0.25) is 0 Å². The second-order valence-electron chi connectivity index (χ2n) is 5.37. The molecule has 3 atom stereocenters. The topological polar surface area (TPSA) is 18.5 Å². The van der Waals surface area contributed by atoms with Crippen LogP contribution in [0.4, 0.5) is 0 Å². The molecule has 0 N–H and O–H groups in total. The van der Waals surface area contributed by atoms with Crippen molar-refractivity contribution in [1.29, 1.82) is 0 Å². The molecular formula is C18H20O2. The standard InChI is InChI=1S/C18H20O2/c1-12-16(13-8-5-4-6-9-13)14-10-7-11-15(19-2)17(14)18(12)20-3/h4-12,16,18H,1-3H3.